The molecule has 0 fully saturated rings. The Morgan fingerprint density at radius 3 is 2.81 bits per heavy atom. The van der Waals surface area contributed by atoms with Gasteiger partial charge >= 0.3 is 12.0 Å². The normalized spacial score (nSPS) is 16.3. The molecule has 0 saturated carbocycles. The third-order valence-corrected chi connectivity index (χ3v) is 3.69. The first-order chi connectivity index (χ1) is 10.1. The second-order valence-electron chi connectivity index (χ2n) is 5.05. The number of nitrogens with one attached hydrogen (secondary N) is 1. The number of amides is 2. The highest BCUT2D eigenvalue weighted by atomic mass is 16.4. The van der Waals surface area contributed by atoms with Gasteiger partial charge in [-0.2, -0.15) is 0 Å². The molecule has 0 spiro atoms. The second-order valence-corrected chi connectivity index (χ2v) is 5.05. The van der Waals surface area contributed by atoms with Crippen molar-refractivity contribution in [3.05, 3.63) is 35.4 Å². The number of rotatable bonds is 6. The number of urea groups is 1. The zero-order valence-corrected chi connectivity index (χ0v) is 11.8. The van der Waals surface area contributed by atoms with Gasteiger partial charge in [0.25, 0.3) is 0 Å². The van der Waals surface area contributed by atoms with Crippen molar-refractivity contribution in [2.45, 2.75) is 25.3 Å². The van der Waals surface area contributed by atoms with E-state index in [1.165, 1.54) is 5.56 Å². The van der Waals surface area contributed by atoms with E-state index in [1.54, 1.807) is 4.90 Å². The molecule has 6 nitrogen and oxygen atoms in total. The Morgan fingerprint density at radius 2 is 2.10 bits per heavy atom. The molecule has 1 aliphatic rings. The lowest BCUT2D eigenvalue weighted by atomic mass is 10.1. The Morgan fingerprint density at radius 1 is 1.33 bits per heavy atom. The molecule has 0 radical (unpaired) electrons. The number of carbonyl (C=O) groups excluding carboxylic acids is 1. The average Bonchev–Trinajstić information content (AvgIpc) is 2.88. The van der Waals surface area contributed by atoms with Gasteiger partial charge in [-0.1, -0.05) is 24.3 Å². The first-order valence-corrected chi connectivity index (χ1v) is 7.08. The number of fused-ring (bicyclic) bond motifs is 1. The molecule has 0 aromatic heterocycles. The van der Waals surface area contributed by atoms with E-state index < -0.39 is 5.97 Å². The van der Waals surface area contributed by atoms with Crippen LogP contribution in [0.4, 0.5) is 4.79 Å². The van der Waals surface area contributed by atoms with Crippen LogP contribution < -0.4 is 5.32 Å². The van der Waals surface area contributed by atoms with Gasteiger partial charge in [0.05, 0.1) is 19.1 Å². The van der Waals surface area contributed by atoms with Crippen LogP contribution in [-0.4, -0.2) is 46.8 Å². The average molecular weight is 292 g/mol. The number of aryl methyl sites for hydroxylation is 1. The van der Waals surface area contributed by atoms with Gasteiger partial charge in [-0.05, 0) is 24.0 Å². The van der Waals surface area contributed by atoms with E-state index >= 15 is 0 Å². The first-order valence-electron chi connectivity index (χ1n) is 7.08. The van der Waals surface area contributed by atoms with Crippen molar-refractivity contribution < 1.29 is 19.8 Å². The number of hydrogen-bond donors (Lipinski definition) is 3. The van der Waals surface area contributed by atoms with Crippen LogP contribution in [0.25, 0.3) is 0 Å². The van der Waals surface area contributed by atoms with Crippen molar-refractivity contribution in [2.24, 2.45) is 0 Å². The van der Waals surface area contributed by atoms with Crippen LogP contribution >= 0.6 is 0 Å². The van der Waals surface area contributed by atoms with Crippen LogP contribution in [-0.2, 0) is 11.2 Å². The minimum absolute atomic E-state index is 0.0572. The molecule has 0 bridgehead atoms. The Balaban J connectivity index is 2.05. The van der Waals surface area contributed by atoms with Crippen LogP contribution in [0.5, 0.6) is 0 Å². The molecule has 1 unspecified atom stereocenters. The molecule has 0 saturated heterocycles. The zero-order valence-electron chi connectivity index (χ0n) is 11.8. The van der Waals surface area contributed by atoms with Crippen LogP contribution in [0.2, 0.25) is 0 Å². The summed E-state index contributed by atoms with van der Waals surface area (Å²) >= 11 is 0. The Kier molecular flexibility index (Phi) is 5.16. The number of aliphatic carboxylic acids is 1. The van der Waals surface area contributed by atoms with Crippen molar-refractivity contribution in [3.63, 3.8) is 0 Å². The monoisotopic (exact) mass is 292 g/mol. The summed E-state index contributed by atoms with van der Waals surface area (Å²) in [6, 6.07) is 7.59. The Labute approximate surface area is 123 Å². The summed E-state index contributed by atoms with van der Waals surface area (Å²) in [5.41, 5.74) is 2.34. The van der Waals surface area contributed by atoms with Crippen LogP contribution in [0.15, 0.2) is 24.3 Å². The molecule has 1 aromatic rings. The highest BCUT2D eigenvalue weighted by Crippen LogP contribution is 2.35. The number of carboxylic acids is 1. The third-order valence-electron chi connectivity index (χ3n) is 3.69. The second kappa shape index (κ2) is 7.08. The maximum atomic E-state index is 12.2. The highest BCUT2D eigenvalue weighted by molar-refractivity contribution is 5.76. The summed E-state index contributed by atoms with van der Waals surface area (Å²) in [6.45, 7) is 0.202. The molecule has 1 aliphatic carbocycles. The molecule has 1 atom stereocenters. The van der Waals surface area contributed by atoms with Gasteiger partial charge in [0.1, 0.15) is 0 Å². The van der Waals surface area contributed by atoms with E-state index in [2.05, 4.69) is 11.4 Å². The van der Waals surface area contributed by atoms with E-state index in [0.717, 1.165) is 18.4 Å². The lowest BCUT2D eigenvalue weighted by Crippen LogP contribution is -2.43. The number of aliphatic hydroxyl groups is 1. The topological polar surface area (TPSA) is 89.9 Å². The van der Waals surface area contributed by atoms with Gasteiger partial charge in [0, 0.05) is 13.1 Å². The highest BCUT2D eigenvalue weighted by Gasteiger charge is 2.30. The van der Waals surface area contributed by atoms with Crippen molar-refractivity contribution in [1.82, 2.24) is 10.2 Å². The van der Waals surface area contributed by atoms with E-state index in [-0.39, 0.29) is 38.2 Å². The van der Waals surface area contributed by atoms with E-state index in [0.29, 0.717) is 0 Å². The molecule has 2 amide bonds. The maximum absolute atomic E-state index is 12.2. The molecular formula is C15H20N2O4. The van der Waals surface area contributed by atoms with Crippen LogP contribution in [0.1, 0.15) is 30.0 Å². The summed E-state index contributed by atoms with van der Waals surface area (Å²) in [6.07, 6.45) is 1.62. The first kappa shape index (κ1) is 15.3. The fourth-order valence-corrected chi connectivity index (χ4v) is 2.74. The fourth-order valence-electron chi connectivity index (χ4n) is 2.74. The molecule has 1 aromatic carbocycles. The quantitative estimate of drug-likeness (QED) is 0.733. The summed E-state index contributed by atoms with van der Waals surface area (Å²) in [7, 11) is 0. The van der Waals surface area contributed by atoms with E-state index in [1.807, 2.05) is 18.2 Å². The summed E-state index contributed by atoms with van der Waals surface area (Å²) in [5, 5.41) is 20.4. The maximum Gasteiger partial charge on any atom is 0.318 e. The third kappa shape index (κ3) is 3.72. The summed E-state index contributed by atoms with van der Waals surface area (Å²) in [5.74, 6) is -0.949. The van der Waals surface area contributed by atoms with Gasteiger partial charge in [-0.25, -0.2) is 4.79 Å². The van der Waals surface area contributed by atoms with E-state index in [4.69, 9.17) is 5.11 Å². The van der Waals surface area contributed by atoms with Crippen molar-refractivity contribution >= 4 is 12.0 Å². The van der Waals surface area contributed by atoms with Gasteiger partial charge in [-0.3, -0.25) is 4.79 Å². The van der Waals surface area contributed by atoms with Crippen molar-refractivity contribution in [3.8, 4) is 0 Å². The van der Waals surface area contributed by atoms with Crippen molar-refractivity contribution in [2.75, 3.05) is 19.7 Å². The Bertz CT molecular complexity index is 518. The zero-order chi connectivity index (χ0) is 15.2. The molecule has 3 N–H and O–H groups in total. The SMILES string of the molecule is O=C(O)CCNC(=O)N(CCO)C1CCc2ccccc21. The van der Waals surface area contributed by atoms with Gasteiger partial charge in [0.2, 0.25) is 0 Å². The largest absolute Gasteiger partial charge is 0.481 e. The minimum atomic E-state index is -0.949. The van der Waals surface area contributed by atoms with Gasteiger partial charge in [-0.15, -0.1) is 0 Å². The number of carbonyl (C=O) groups is 2. The summed E-state index contributed by atoms with van der Waals surface area (Å²) in [4.78, 5) is 24.3. The predicted octanol–water partition coefficient (Wildman–Crippen LogP) is 1.15. The fraction of sp³-hybridized carbons (Fsp3) is 0.467. The molecular weight excluding hydrogens is 272 g/mol. The van der Waals surface area contributed by atoms with Gasteiger partial charge < -0.3 is 20.4 Å². The van der Waals surface area contributed by atoms with Crippen molar-refractivity contribution in [1.29, 1.82) is 0 Å². The lowest BCUT2D eigenvalue weighted by Gasteiger charge is -2.29. The van der Waals surface area contributed by atoms with Crippen LogP contribution in [0, 0.1) is 0 Å². The number of carboxylic acid groups (broad SMARTS) is 1. The van der Waals surface area contributed by atoms with Gasteiger partial charge in [0.15, 0.2) is 0 Å². The molecule has 6 heteroatoms. The standard InChI is InChI=1S/C15H20N2O4/c18-10-9-17(15(21)16-8-7-14(19)20)13-6-5-11-3-1-2-4-12(11)13/h1-4,13,18H,5-10H2,(H,16,21)(H,19,20). The molecule has 21 heavy (non-hydrogen) atoms. The molecule has 2 rings (SSSR count). The molecule has 114 valence electrons. The molecule has 0 aliphatic heterocycles. The Hall–Kier alpha value is -2.08. The summed E-state index contributed by atoms with van der Waals surface area (Å²) < 4.78 is 0. The predicted molar refractivity (Wildman–Crippen MR) is 76.9 cm³/mol. The number of benzene rings is 1. The minimum Gasteiger partial charge on any atom is -0.481 e. The number of hydrogen-bond acceptors (Lipinski definition) is 3. The smallest absolute Gasteiger partial charge is 0.318 e. The number of aliphatic hydroxyl groups excluding tert-OH is 1. The molecule has 0 heterocycles. The lowest BCUT2D eigenvalue weighted by molar-refractivity contribution is -0.136. The number of nitrogens with zero attached hydrogens (tertiary/aromatic N) is 1. The van der Waals surface area contributed by atoms with Crippen LogP contribution in [0.3, 0.4) is 0 Å². The van der Waals surface area contributed by atoms with E-state index in [9.17, 15) is 14.7 Å².